The van der Waals surface area contributed by atoms with E-state index in [4.69, 9.17) is 11.6 Å². The van der Waals surface area contributed by atoms with E-state index in [2.05, 4.69) is 11.1 Å². The molecule has 1 aromatic carbocycles. The Morgan fingerprint density at radius 1 is 1.14 bits per heavy atom. The van der Waals surface area contributed by atoms with Crippen LogP contribution in [0.25, 0.3) is 11.7 Å². The highest BCUT2D eigenvalue weighted by atomic mass is 35.5. The highest BCUT2D eigenvalue weighted by molar-refractivity contribution is 6.30. The van der Waals surface area contributed by atoms with Gasteiger partial charge in [-0.3, -0.25) is 0 Å². The van der Waals surface area contributed by atoms with E-state index < -0.39 is 0 Å². The Labute approximate surface area is 167 Å². The van der Waals surface area contributed by atoms with Crippen molar-refractivity contribution in [2.75, 3.05) is 18.0 Å². The minimum atomic E-state index is -0.353. The van der Waals surface area contributed by atoms with Gasteiger partial charge in [0, 0.05) is 24.2 Å². The van der Waals surface area contributed by atoms with Gasteiger partial charge in [-0.2, -0.15) is 9.38 Å². The molecule has 2 aromatic heterocycles. The molecule has 1 aliphatic rings. The van der Waals surface area contributed by atoms with Crippen LogP contribution in [-0.2, 0) is 0 Å². The molecular formula is C21H19ClN4O2. The van der Waals surface area contributed by atoms with E-state index in [1.807, 2.05) is 47.4 Å². The average molecular weight is 395 g/mol. The van der Waals surface area contributed by atoms with Gasteiger partial charge >= 0.3 is 5.82 Å². The first-order valence-corrected chi connectivity index (χ1v) is 9.48. The molecule has 1 aliphatic heterocycles. The van der Waals surface area contributed by atoms with Crippen molar-refractivity contribution in [2.24, 2.45) is 0 Å². The normalized spacial score (nSPS) is 14.8. The Morgan fingerprint density at radius 3 is 2.71 bits per heavy atom. The quantitative estimate of drug-likeness (QED) is 0.454. The summed E-state index contributed by atoms with van der Waals surface area (Å²) in [4.78, 5) is 17.7. The van der Waals surface area contributed by atoms with Gasteiger partial charge in [-0.25, -0.2) is 0 Å². The number of hydrogen-bond acceptors (Lipinski definition) is 4. The fraction of sp³-hybridized carbons (Fsp3) is 0.190. The van der Waals surface area contributed by atoms with Crippen LogP contribution in [0, 0.1) is 10.1 Å². The molecule has 28 heavy (non-hydrogen) atoms. The first-order valence-electron chi connectivity index (χ1n) is 9.10. The Kier molecular flexibility index (Phi) is 5.12. The molecule has 0 spiro atoms. The maximum absolute atomic E-state index is 11.6. The van der Waals surface area contributed by atoms with Gasteiger partial charge in [-0.15, -0.1) is 0 Å². The van der Waals surface area contributed by atoms with Crippen molar-refractivity contribution >= 4 is 35.0 Å². The van der Waals surface area contributed by atoms with Crippen molar-refractivity contribution in [1.82, 2.24) is 9.38 Å². The summed E-state index contributed by atoms with van der Waals surface area (Å²) in [7, 11) is 0. The van der Waals surface area contributed by atoms with Gasteiger partial charge in [0.15, 0.2) is 0 Å². The summed E-state index contributed by atoms with van der Waals surface area (Å²) in [6, 6.07) is 13.1. The third kappa shape index (κ3) is 3.77. The van der Waals surface area contributed by atoms with Gasteiger partial charge in [0.05, 0.1) is 6.20 Å². The number of nitro groups is 1. The molecule has 0 bridgehead atoms. The van der Waals surface area contributed by atoms with E-state index >= 15 is 0 Å². The van der Waals surface area contributed by atoms with E-state index in [1.165, 1.54) is 9.97 Å². The monoisotopic (exact) mass is 394 g/mol. The summed E-state index contributed by atoms with van der Waals surface area (Å²) in [5.41, 5.74) is 2.97. The number of piperidine rings is 1. The molecule has 0 amide bonds. The minimum Gasteiger partial charge on any atom is -0.358 e. The smallest absolute Gasteiger partial charge is 0.358 e. The van der Waals surface area contributed by atoms with Gasteiger partial charge in [0.1, 0.15) is 0 Å². The molecule has 7 heteroatoms. The molecular weight excluding hydrogens is 376 g/mol. The Balaban J connectivity index is 1.48. The number of rotatable bonds is 4. The zero-order valence-electron chi connectivity index (χ0n) is 15.2. The highest BCUT2D eigenvalue weighted by Gasteiger charge is 2.28. The molecule has 3 aromatic rings. The van der Waals surface area contributed by atoms with Crippen molar-refractivity contribution in [3.63, 3.8) is 0 Å². The number of nitrogens with zero attached hydrogens (tertiary/aromatic N) is 4. The zero-order valence-corrected chi connectivity index (χ0v) is 15.9. The topological polar surface area (TPSA) is 63.7 Å². The van der Waals surface area contributed by atoms with Crippen LogP contribution in [0.3, 0.4) is 0 Å². The lowest BCUT2D eigenvalue weighted by Gasteiger charge is -2.27. The number of benzene rings is 1. The molecule has 4 rings (SSSR count). The van der Waals surface area contributed by atoms with E-state index in [0.717, 1.165) is 23.4 Å². The molecule has 6 nitrogen and oxygen atoms in total. The fourth-order valence-electron chi connectivity index (χ4n) is 3.43. The Bertz CT molecular complexity index is 1080. The summed E-state index contributed by atoms with van der Waals surface area (Å²) in [5.74, 6) is 0.480. The summed E-state index contributed by atoms with van der Waals surface area (Å²) >= 11 is 6.00. The van der Waals surface area contributed by atoms with E-state index in [-0.39, 0.29) is 10.7 Å². The van der Waals surface area contributed by atoms with Crippen LogP contribution >= 0.6 is 11.6 Å². The molecule has 1 saturated heterocycles. The zero-order chi connectivity index (χ0) is 19.5. The Morgan fingerprint density at radius 2 is 1.96 bits per heavy atom. The predicted octanol–water partition coefficient (Wildman–Crippen LogP) is 5.14. The predicted molar refractivity (Wildman–Crippen MR) is 112 cm³/mol. The lowest BCUT2D eigenvalue weighted by molar-refractivity contribution is -0.389. The average Bonchev–Trinajstić information content (AvgIpc) is 3.08. The number of imidazole rings is 1. The van der Waals surface area contributed by atoms with Crippen LogP contribution in [0.5, 0.6) is 0 Å². The third-order valence-corrected chi connectivity index (χ3v) is 5.07. The van der Waals surface area contributed by atoms with Crippen molar-refractivity contribution < 1.29 is 4.92 Å². The fourth-order valence-corrected chi connectivity index (χ4v) is 3.63. The molecule has 3 heterocycles. The number of halogens is 1. The van der Waals surface area contributed by atoms with Crippen LogP contribution in [0.4, 0.5) is 11.6 Å². The third-order valence-electron chi connectivity index (χ3n) is 4.83. The van der Waals surface area contributed by atoms with E-state index in [9.17, 15) is 10.1 Å². The second-order valence-corrected chi connectivity index (χ2v) is 7.11. The lowest BCUT2D eigenvalue weighted by Crippen LogP contribution is -2.31. The van der Waals surface area contributed by atoms with Gasteiger partial charge in [-0.1, -0.05) is 53.6 Å². The summed E-state index contributed by atoms with van der Waals surface area (Å²) in [5, 5.41) is 12.3. The van der Waals surface area contributed by atoms with Gasteiger partial charge in [0.2, 0.25) is 11.5 Å². The second-order valence-electron chi connectivity index (χ2n) is 6.67. The summed E-state index contributed by atoms with van der Waals surface area (Å²) < 4.78 is 1.54. The van der Waals surface area contributed by atoms with Crippen LogP contribution < -0.4 is 4.90 Å². The van der Waals surface area contributed by atoms with Crippen molar-refractivity contribution in [1.29, 1.82) is 0 Å². The molecule has 0 aliphatic carbocycles. The number of allylic oxidation sites excluding steroid dienone is 2. The van der Waals surface area contributed by atoms with E-state index in [1.54, 1.807) is 18.3 Å². The van der Waals surface area contributed by atoms with Crippen molar-refractivity contribution in [3.8, 4) is 0 Å². The second kappa shape index (κ2) is 7.86. The van der Waals surface area contributed by atoms with Gasteiger partial charge < -0.3 is 15.0 Å². The molecule has 0 saturated carbocycles. The molecule has 1 fully saturated rings. The van der Waals surface area contributed by atoms with Crippen molar-refractivity contribution in [2.45, 2.75) is 12.8 Å². The molecule has 0 atom stereocenters. The SMILES string of the molecule is O=[N+]([O-])c1c(N2CCC(=CC=Cc3cccc(Cl)c3)CC2)nc2ccccn12. The Hall–Kier alpha value is -3.12. The lowest BCUT2D eigenvalue weighted by atomic mass is 10.0. The standard InChI is InChI=1S/C21H19ClN4O2/c22-18-8-4-7-17(15-18)6-3-5-16-10-13-24(14-11-16)20-21(26(27)28)25-12-2-1-9-19(25)23-20/h1-9,12,15H,10-11,13-14H2. The molecule has 0 radical (unpaired) electrons. The molecule has 0 unspecified atom stereocenters. The first kappa shape index (κ1) is 18.3. The number of fused-ring (bicyclic) bond motifs is 1. The number of pyridine rings is 1. The maximum atomic E-state index is 11.6. The number of anilines is 1. The summed E-state index contributed by atoms with van der Waals surface area (Å²) in [6.07, 6.45) is 9.56. The van der Waals surface area contributed by atoms with Crippen LogP contribution in [-0.4, -0.2) is 27.4 Å². The highest BCUT2D eigenvalue weighted by Crippen LogP contribution is 2.31. The van der Waals surface area contributed by atoms with Gasteiger partial charge in [-0.05, 0) is 41.5 Å². The summed E-state index contributed by atoms with van der Waals surface area (Å²) in [6.45, 7) is 1.42. The van der Waals surface area contributed by atoms with Crippen LogP contribution in [0.15, 0.2) is 66.4 Å². The number of aromatic nitrogens is 2. The molecule has 142 valence electrons. The van der Waals surface area contributed by atoms with Gasteiger partial charge in [0.25, 0.3) is 0 Å². The maximum Gasteiger partial charge on any atom is 0.372 e. The van der Waals surface area contributed by atoms with Crippen molar-refractivity contribution in [3.05, 3.63) is 87.1 Å². The van der Waals surface area contributed by atoms with E-state index in [0.29, 0.717) is 24.6 Å². The number of hydrogen-bond donors (Lipinski definition) is 0. The van der Waals surface area contributed by atoms with Crippen LogP contribution in [0.2, 0.25) is 5.02 Å². The minimum absolute atomic E-state index is 0.0314. The largest absolute Gasteiger partial charge is 0.372 e. The first-order chi connectivity index (χ1) is 13.6. The van der Waals surface area contributed by atoms with Crippen LogP contribution in [0.1, 0.15) is 18.4 Å². The molecule has 0 N–H and O–H groups in total.